The van der Waals surface area contributed by atoms with Crippen molar-refractivity contribution in [3.05, 3.63) is 15.8 Å². The van der Waals surface area contributed by atoms with E-state index in [0.717, 1.165) is 12.8 Å². The lowest BCUT2D eigenvalue weighted by Gasteiger charge is -2.33. The zero-order chi connectivity index (χ0) is 14.8. The molecule has 1 aliphatic rings. The van der Waals surface area contributed by atoms with Gasteiger partial charge in [-0.3, -0.25) is 0 Å². The molecule has 20 heavy (non-hydrogen) atoms. The number of aliphatic hydroxyl groups is 1. The molecule has 0 unspecified atom stereocenters. The van der Waals surface area contributed by atoms with E-state index >= 15 is 0 Å². The van der Waals surface area contributed by atoms with Crippen LogP contribution in [0.5, 0.6) is 0 Å². The highest BCUT2D eigenvalue weighted by atomic mass is 32.2. The van der Waals surface area contributed by atoms with Gasteiger partial charge < -0.3 is 9.84 Å². The van der Waals surface area contributed by atoms with E-state index in [4.69, 9.17) is 4.74 Å². The molecule has 1 aliphatic heterocycles. The van der Waals surface area contributed by atoms with Gasteiger partial charge in [0.25, 0.3) is 0 Å². The zero-order valence-corrected chi connectivity index (χ0v) is 13.4. The van der Waals surface area contributed by atoms with Crippen LogP contribution in [0.1, 0.15) is 30.2 Å². The first-order chi connectivity index (χ1) is 9.38. The molecule has 7 heteroatoms. The van der Waals surface area contributed by atoms with Gasteiger partial charge in [0.05, 0.1) is 11.5 Å². The summed E-state index contributed by atoms with van der Waals surface area (Å²) < 4.78 is 32.9. The number of nitrogens with one attached hydrogen (secondary N) is 1. The fraction of sp³-hybridized carbons (Fsp3) is 0.692. The summed E-state index contributed by atoms with van der Waals surface area (Å²) in [5.74, 6) is 0. The Morgan fingerprint density at radius 1 is 1.45 bits per heavy atom. The van der Waals surface area contributed by atoms with Crippen LogP contribution in [0.15, 0.2) is 10.3 Å². The van der Waals surface area contributed by atoms with Crippen molar-refractivity contribution >= 4 is 21.4 Å². The van der Waals surface area contributed by atoms with E-state index in [0.29, 0.717) is 30.2 Å². The monoisotopic (exact) mass is 319 g/mol. The van der Waals surface area contributed by atoms with E-state index in [2.05, 4.69) is 11.6 Å². The normalized spacial score (nSPS) is 19.1. The number of thiophene rings is 1. The summed E-state index contributed by atoms with van der Waals surface area (Å²) in [7, 11) is -3.57. The Morgan fingerprint density at radius 3 is 2.70 bits per heavy atom. The Hall–Kier alpha value is -0.470. The van der Waals surface area contributed by atoms with E-state index in [-0.39, 0.29) is 16.9 Å². The summed E-state index contributed by atoms with van der Waals surface area (Å²) in [5.41, 5.74) is 0.623. The Labute approximate surface area is 124 Å². The molecule has 0 atom stereocenters. The Kier molecular flexibility index (Phi) is 4.86. The third-order valence-electron chi connectivity index (χ3n) is 3.79. The molecule has 0 aliphatic carbocycles. The Bertz CT molecular complexity index is 559. The summed E-state index contributed by atoms with van der Waals surface area (Å²) in [6, 6.07) is 0. The average molecular weight is 319 g/mol. The summed E-state index contributed by atoms with van der Waals surface area (Å²) >= 11 is 1.27. The number of rotatable bonds is 5. The van der Waals surface area contributed by atoms with Crippen molar-refractivity contribution in [2.75, 3.05) is 19.8 Å². The van der Waals surface area contributed by atoms with Crippen molar-refractivity contribution in [1.29, 1.82) is 0 Å². The van der Waals surface area contributed by atoms with Gasteiger partial charge in [0, 0.05) is 19.8 Å². The molecule has 0 saturated carbocycles. The minimum atomic E-state index is -3.57. The van der Waals surface area contributed by atoms with Crippen LogP contribution in [0, 0.1) is 12.3 Å². The van der Waals surface area contributed by atoms with Gasteiger partial charge in [0.1, 0.15) is 4.90 Å². The van der Waals surface area contributed by atoms with Gasteiger partial charge in [-0.05, 0) is 36.1 Å². The molecule has 1 aromatic rings. The van der Waals surface area contributed by atoms with Crippen molar-refractivity contribution in [2.45, 2.75) is 38.2 Å². The molecule has 2 heterocycles. The smallest absolute Gasteiger partial charge is 0.242 e. The molecular formula is C13H21NO4S2. The summed E-state index contributed by atoms with van der Waals surface area (Å²) in [4.78, 5) is 0.729. The van der Waals surface area contributed by atoms with Gasteiger partial charge in [-0.2, -0.15) is 0 Å². The standard InChI is InChI=1S/C13H21NO4S2/c1-10-8-19-11(7-15)12(10)20(16,17)14-9-13(2)3-5-18-6-4-13/h8,14-15H,3-7,9H2,1-2H3. The highest BCUT2D eigenvalue weighted by molar-refractivity contribution is 7.89. The first-order valence-electron chi connectivity index (χ1n) is 6.63. The van der Waals surface area contributed by atoms with Gasteiger partial charge in [-0.15, -0.1) is 11.3 Å². The molecule has 1 fully saturated rings. The minimum Gasteiger partial charge on any atom is -0.391 e. The molecule has 2 rings (SSSR count). The second-order valence-electron chi connectivity index (χ2n) is 5.58. The fourth-order valence-corrected chi connectivity index (χ4v) is 5.20. The molecule has 114 valence electrons. The molecular weight excluding hydrogens is 298 g/mol. The fourth-order valence-electron chi connectivity index (χ4n) is 2.34. The third kappa shape index (κ3) is 3.40. The van der Waals surface area contributed by atoms with E-state index in [1.54, 1.807) is 12.3 Å². The maximum absolute atomic E-state index is 12.4. The van der Waals surface area contributed by atoms with E-state index in [1.165, 1.54) is 11.3 Å². The highest BCUT2D eigenvalue weighted by Crippen LogP contribution is 2.31. The van der Waals surface area contributed by atoms with Crippen LogP contribution >= 0.6 is 11.3 Å². The molecule has 5 nitrogen and oxygen atoms in total. The molecule has 1 aromatic heterocycles. The van der Waals surface area contributed by atoms with Gasteiger partial charge in [-0.1, -0.05) is 6.92 Å². The SMILES string of the molecule is Cc1csc(CO)c1S(=O)(=O)NCC1(C)CCOCC1. The molecule has 2 N–H and O–H groups in total. The predicted molar refractivity (Wildman–Crippen MR) is 78.3 cm³/mol. The summed E-state index contributed by atoms with van der Waals surface area (Å²) in [5, 5.41) is 11.0. The molecule has 1 saturated heterocycles. The predicted octanol–water partition coefficient (Wildman–Crippen LogP) is 1.64. The first-order valence-corrected chi connectivity index (χ1v) is 8.99. The lowest BCUT2D eigenvalue weighted by Crippen LogP contribution is -2.39. The van der Waals surface area contributed by atoms with Gasteiger partial charge in [0.2, 0.25) is 10.0 Å². The van der Waals surface area contributed by atoms with Gasteiger partial charge in [0.15, 0.2) is 0 Å². The molecule has 0 radical (unpaired) electrons. The number of hydrogen-bond donors (Lipinski definition) is 2. The van der Waals surface area contributed by atoms with Crippen molar-refractivity contribution in [3.8, 4) is 0 Å². The van der Waals surface area contributed by atoms with E-state index in [1.807, 2.05) is 0 Å². The first kappa shape index (κ1) is 15.9. The van der Waals surface area contributed by atoms with Gasteiger partial charge >= 0.3 is 0 Å². The van der Waals surface area contributed by atoms with Crippen LogP contribution < -0.4 is 4.72 Å². The second-order valence-corrected chi connectivity index (χ2v) is 8.24. The quantitative estimate of drug-likeness (QED) is 0.865. The number of ether oxygens (including phenoxy) is 1. The van der Waals surface area contributed by atoms with Crippen LogP contribution in [0.3, 0.4) is 0 Å². The molecule has 0 bridgehead atoms. The summed E-state index contributed by atoms with van der Waals surface area (Å²) in [6.07, 6.45) is 1.70. The van der Waals surface area contributed by atoms with Crippen LogP contribution in [0.25, 0.3) is 0 Å². The lowest BCUT2D eigenvalue weighted by atomic mass is 9.83. The minimum absolute atomic E-state index is 0.0609. The maximum atomic E-state index is 12.4. The number of hydrogen-bond acceptors (Lipinski definition) is 5. The van der Waals surface area contributed by atoms with Crippen LogP contribution in [-0.2, 0) is 21.4 Å². The van der Waals surface area contributed by atoms with Crippen molar-refractivity contribution in [2.24, 2.45) is 5.41 Å². The molecule has 0 aromatic carbocycles. The van der Waals surface area contributed by atoms with Crippen LogP contribution in [-0.4, -0.2) is 33.3 Å². The number of aliphatic hydroxyl groups excluding tert-OH is 1. The number of sulfonamides is 1. The molecule has 0 amide bonds. The van der Waals surface area contributed by atoms with E-state index < -0.39 is 10.0 Å². The Morgan fingerprint density at radius 2 is 2.10 bits per heavy atom. The maximum Gasteiger partial charge on any atom is 0.242 e. The highest BCUT2D eigenvalue weighted by Gasteiger charge is 2.30. The number of aryl methyl sites for hydroxylation is 1. The third-order valence-corrected chi connectivity index (χ3v) is 6.64. The Balaban J connectivity index is 2.13. The van der Waals surface area contributed by atoms with Crippen molar-refractivity contribution in [3.63, 3.8) is 0 Å². The topological polar surface area (TPSA) is 75.6 Å². The lowest BCUT2D eigenvalue weighted by molar-refractivity contribution is 0.0264. The molecule has 0 spiro atoms. The van der Waals surface area contributed by atoms with Gasteiger partial charge in [-0.25, -0.2) is 13.1 Å². The van der Waals surface area contributed by atoms with E-state index in [9.17, 15) is 13.5 Å². The van der Waals surface area contributed by atoms with Crippen LogP contribution in [0.4, 0.5) is 0 Å². The van der Waals surface area contributed by atoms with Crippen molar-refractivity contribution < 1.29 is 18.3 Å². The average Bonchev–Trinajstić information content (AvgIpc) is 2.80. The largest absolute Gasteiger partial charge is 0.391 e. The summed E-state index contributed by atoms with van der Waals surface area (Å²) in [6.45, 7) is 5.33. The zero-order valence-electron chi connectivity index (χ0n) is 11.8. The van der Waals surface area contributed by atoms with Crippen LogP contribution in [0.2, 0.25) is 0 Å². The second kappa shape index (κ2) is 6.11. The van der Waals surface area contributed by atoms with Crippen molar-refractivity contribution in [1.82, 2.24) is 4.72 Å².